The molecule has 0 amide bonds. The van der Waals surface area contributed by atoms with Crippen molar-refractivity contribution in [3.05, 3.63) is 23.3 Å². The Morgan fingerprint density at radius 1 is 1.44 bits per heavy atom. The number of aryl methyl sites for hydroxylation is 1. The third-order valence-electron chi connectivity index (χ3n) is 4.21. The van der Waals surface area contributed by atoms with E-state index in [1.165, 1.54) is 32.1 Å². The molecule has 3 atom stereocenters. The predicted molar refractivity (Wildman–Crippen MR) is 72.4 cm³/mol. The summed E-state index contributed by atoms with van der Waals surface area (Å²) in [6.07, 6.45) is 7.68. The van der Waals surface area contributed by atoms with Gasteiger partial charge in [0.05, 0.1) is 6.10 Å². The van der Waals surface area contributed by atoms with Gasteiger partial charge in [0.15, 0.2) is 0 Å². The molecular formula is C15H24N2O. The van der Waals surface area contributed by atoms with Crippen LogP contribution in [0.1, 0.15) is 75.1 Å². The van der Waals surface area contributed by atoms with Gasteiger partial charge in [-0.25, -0.2) is 9.97 Å². The second kappa shape index (κ2) is 5.79. The molecule has 18 heavy (non-hydrogen) atoms. The van der Waals surface area contributed by atoms with Crippen molar-refractivity contribution >= 4 is 0 Å². The summed E-state index contributed by atoms with van der Waals surface area (Å²) in [7, 11) is 0. The smallest absolute Gasteiger partial charge is 0.131 e. The molecule has 1 aliphatic rings. The van der Waals surface area contributed by atoms with Gasteiger partial charge < -0.3 is 5.11 Å². The van der Waals surface area contributed by atoms with Gasteiger partial charge >= 0.3 is 0 Å². The molecule has 0 bridgehead atoms. The van der Waals surface area contributed by atoms with Gasteiger partial charge in [0.2, 0.25) is 0 Å². The molecule has 1 fully saturated rings. The van der Waals surface area contributed by atoms with Crippen LogP contribution in [0.2, 0.25) is 0 Å². The van der Waals surface area contributed by atoms with Crippen LogP contribution in [0, 0.1) is 12.8 Å². The number of hydrogen-bond acceptors (Lipinski definition) is 3. The standard InChI is InChI=1S/C15H24N2O/c1-4-12-6-5-7-13(8-12)15-16-9-14(11(3)18)10(2)17-15/h9,11-13,18H,4-8H2,1-3H3/t11-,12?,13?/m0/s1. The summed E-state index contributed by atoms with van der Waals surface area (Å²) >= 11 is 0. The van der Waals surface area contributed by atoms with Gasteiger partial charge in [-0.1, -0.05) is 26.2 Å². The van der Waals surface area contributed by atoms with Crippen molar-refractivity contribution < 1.29 is 5.11 Å². The number of aliphatic hydroxyl groups excluding tert-OH is 1. The Kier molecular flexibility index (Phi) is 4.33. The van der Waals surface area contributed by atoms with E-state index >= 15 is 0 Å². The van der Waals surface area contributed by atoms with Crippen molar-refractivity contribution in [1.29, 1.82) is 0 Å². The Balaban J connectivity index is 2.16. The maximum Gasteiger partial charge on any atom is 0.131 e. The molecule has 1 N–H and O–H groups in total. The molecule has 3 nitrogen and oxygen atoms in total. The summed E-state index contributed by atoms with van der Waals surface area (Å²) in [6.45, 7) is 6.00. The molecular weight excluding hydrogens is 224 g/mol. The first kappa shape index (κ1) is 13.5. The van der Waals surface area contributed by atoms with Gasteiger partial charge in [-0.05, 0) is 32.6 Å². The molecule has 1 aromatic heterocycles. The third-order valence-corrected chi connectivity index (χ3v) is 4.21. The number of hydrogen-bond donors (Lipinski definition) is 1. The normalized spacial score (nSPS) is 26.0. The quantitative estimate of drug-likeness (QED) is 0.890. The van der Waals surface area contributed by atoms with Gasteiger partial charge in [0, 0.05) is 23.4 Å². The van der Waals surface area contributed by atoms with Gasteiger partial charge in [-0.15, -0.1) is 0 Å². The molecule has 1 saturated carbocycles. The maximum absolute atomic E-state index is 9.61. The van der Waals surface area contributed by atoms with E-state index in [9.17, 15) is 5.11 Å². The zero-order valence-electron chi connectivity index (χ0n) is 11.7. The van der Waals surface area contributed by atoms with E-state index in [2.05, 4.69) is 16.9 Å². The van der Waals surface area contributed by atoms with Crippen molar-refractivity contribution in [2.45, 2.75) is 64.9 Å². The van der Waals surface area contributed by atoms with Crippen LogP contribution < -0.4 is 0 Å². The van der Waals surface area contributed by atoms with Gasteiger partial charge in [0.25, 0.3) is 0 Å². The lowest BCUT2D eigenvalue weighted by Gasteiger charge is -2.27. The fourth-order valence-electron chi connectivity index (χ4n) is 3.00. The average molecular weight is 248 g/mol. The fourth-order valence-corrected chi connectivity index (χ4v) is 3.00. The van der Waals surface area contributed by atoms with Crippen LogP contribution in [0.3, 0.4) is 0 Å². The van der Waals surface area contributed by atoms with Crippen LogP contribution in [0.15, 0.2) is 6.20 Å². The molecule has 0 aliphatic heterocycles. The van der Waals surface area contributed by atoms with E-state index < -0.39 is 6.10 Å². The van der Waals surface area contributed by atoms with E-state index in [1.54, 1.807) is 13.1 Å². The molecule has 0 aromatic carbocycles. The van der Waals surface area contributed by atoms with Crippen molar-refractivity contribution in [2.24, 2.45) is 5.92 Å². The monoisotopic (exact) mass is 248 g/mol. The largest absolute Gasteiger partial charge is 0.389 e. The first-order chi connectivity index (χ1) is 8.61. The minimum atomic E-state index is -0.478. The first-order valence-corrected chi connectivity index (χ1v) is 7.13. The summed E-state index contributed by atoms with van der Waals surface area (Å²) in [6, 6.07) is 0. The fraction of sp³-hybridized carbons (Fsp3) is 0.733. The van der Waals surface area contributed by atoms with E-state index in [-0.39, 0.29) is 0 Å². The summed E-state index contributed by atoms with van der Waals surface area (Å²) < 4.78 is 0. The summed E-state index contributed by atoms with van der Waals surface area (Å²) in [5.41, 5.74) is 1.77. The lowest BCUT2D eigenvalue weighted by Crippen LogP contribution is -2.16. The van der Waals surface area contributed by atoms with Crippen LogP contribution in [-0.4, -0.2) is 15.1 Å². The topological polar surface area (TPSA) is 46.0 Å². The van der Waals surface area contributed by atoms with E-state index in [4.69, 9.17) is 0 Å². The Hall–Kier alpha value is -0.960. The second-order valence-electron chi connectivity index (χ2n) is 5.58. The third kappa shape index (κ3) is 2.89. The maximum atomic E-state index is 9.61. The molecule has 0 radical (unpaired) electrons. The molecule has 0 saturated heterocycles. The lowest BCUT2D eigenvalue weighted by molar-refractivity contribution is 0.197. The van der Waals surface area contributed by atoms with E-state index in [1.807, 2.05) is 6.92 Å². The second-order valence-corrected chi connectivity index (χ2v) is 5.58. The van der Waals surface area contributed by atoms with Crippen molar-refractivity contribution in [2.75, 3.05) is 0 Å². The average Bonchev–Trinajstić information content (AvgIpc) is 2.38. The molecule has 2 unspecified atom stereocenters. The zero-order chi connectivity index (χ0) is 13.1. The van der Waals surface area contributed by atoms with Gasteiger partial charge in [-0.3, -0.25) is 0 Å². The van der Waals surface area contributed by atoms with Crippen LogP contribution in [0.25, 0.3) is 0 Å². The Bertz CT molecular complexity index is 403. The number of aliphatic hydroxyl groups is 1. The predicted octanol–water partition coefficient (Wildman–Crippen LogP) is 3.52. The SMILES string of the molecule is CCC1CCCC(c2ncc([C@H](C)O)c(C)n2)C1. The number of rotatable bonds is 3. The Labute approximate surface area is 110 Å². The van der Waals surface area contributed by atoms with Gasteiger partial charge in [-0.2, -0.15) is 0 Å². The highest BCUT2D eigenvalue weighted by Gasteiger charge is 2.24. The Morgan fingerprint density at radius 3 is 2.83 bits per heavy atom. The van der Waals surface area contributed by atoms with Crippen LogP contribution in [0.5, 0.6) is 0 Å². The summed E-state index contributed by atoms with van der Waals surface area (Å²) in [4.78, 5) is 9.10. The lowest BCUT2D eigenvalue weighted by atomic mass is 9.80. The zero-order valence-corrected chi connectivity index (χ0v) is 11.7. The van der Waals surface area contributed by atoms with Crippen molar-refractivity contribution in [3.63, 3.8) is 0 Å². The first-order valence-electron chi connectivity index (χ1n) is 7.13. The molecule has 0 spiro atoms. The Morgan fingerprint density at radius 2 is 2.22 bits per heavy atom. The highest BCUT2D eigenvalue weighted by atomic mass is 16.3. The minimum Gasteiger partial charge on any atom is -0.389 e. The molecule has 3 heteroatoms. The molecule has 1 aliphatic carbocycles. The minimum absolute atomic E-state index is 0.478. The molecule has 100 valence electrons. The van der Waals surface area contributed by atoms with E-state index in [0.717, 1.165) is 23.0 Å². The molecule has 1 heterocycles. The van der Waals surface area contributed by atoms with Gasteiger partial charge in [0.1, 0.15) is 5.82 Å². The number of aromatic nitrogens is 2. The summed E-state index contributed by atoms with van der Waals surface area (Å²) in [5, 5.41) is 9.61. The summed E-state index contributed by atoms with van der Waals surface area (Å²) in [5.74, 6) is 2.34. The highest BCUT2D eigenvalue weighted by Crippen LogP contribution is 2.36. The number of nitrogens with zero attached hydrogens (tertiary/aromatic N) is 2. The highest BCUT2D eigenvalue weighted by molar-refractivity contribution is 5.19. The van der Waals surface area contributed by atoms with Crippen molar-refractivity contribution in [1.82, 2.24) is 9.97 Å². The van der Waals surface area contributed by atoms with Crippen molar-refractivity contribution in [3.8, 4) is 0 Å². The van der Waals surface area contributed by atoms with E-state index in [0.29, 0.717) is 5.92 Å². The van der Waals surface area contributed by atoms with Crippen LogP contribution in [-0.2, 0) is 0 Å². The van der Waals surface area contributed by atoms with Crippen LogP contribution >= 0.6 is 0 Å². The molecule has 2 rings (SSSR count). The molecule has 1 aromatic rings. The van der Waals surface area contributed by atoms with Crippen LogP contribution in [0.4, 0.5) is 0 Å².